The van der Waals surface area contributed by atoms with Gasteiger partial charge in [0.15, 0.2) is 0 Å². The highest BCUT2D eigenvalue weighted by molar-refractivity contribution is 5.96. The van der Waals surface area contributed by atoms with E-state index in [1.54, 1.807) is 6.92 Å². The average molecular weight is 204 g/mol. The SMILES string of the molecule is CC(=O)N1CCCNc2cccc(C)c21. The van der Waals surface area contributed by atoms with Crippen LogP contribution in [0.5, 0.6) is 0 Å². The Morgan fingerprint density at radius 1 is 1.47 bits per heavy atom. The predicted octanol–water partition coefficient (Wildman–Crippen LogP) is 2.16. The molecular weight excluding hydrogens is 188 g/mol. The van der Waals surface area contributed by atoms with E-state index in [-0.39, 0.29) is 5.91 Å². The Balaban J connectivity index is 2.51. The highest BCUT2D eigenvalue weighted by atomic mass is 16.2. The molecule has 0 spiro atoms. The van der Waals surface area contributed by atoms with Crippen molar-refractivity contribution in [2.45, 2.75) is 20.3 Å². The number of fused-ring (bicyclic) bond motifs is 1. The van der Waals surface area contributed by atoms with Crippen LogP contribution in [0.15, 0.2) is 18.2 Å². The van der Waals surface area contributed by atoms with E-state index in [0.29, 0.717) is 0 Å². The lowest BCUT2D eigenvalue weighted by Crippen LogP contribution is -2.29. The molecular formula is C12H16N2O. The van der Waals surface area contributed by atoms with Crippen molar-refractivity contribution < 1.29 is 4.79 Å². The van der Waals surface area contributed by atoms with E-state index >= 15 is 0 Å². The molecule has 3 heteroatoms. The first-order valence-corrected chi connectivity index (χ1v) is 5.32. The summed E-state index contributed by atoms with van der Waals surface area (Å²) in [7, 11) is 0. The molecule has 1 aromatic rings. The fourth-order valence-electron chi connectivity index (χ4n) is 2.05. The van der Waals surface area contributed by atoms with E-state index in [0.717, 1.165) is 36.4 Å². The van der Waals surface area contributed by atoms with E-state index < -0.39 is 0 Å². The van der Waals surface area contributed by atoms with Crippen LogP contribution < -0.4 is 10.2 Å². The molecule has 0 radical (unpaired) electrons. The van der Waals surface area contributed by atoms with Gasteiger partial charge in [-0.15, -0.1) is 0 Å². The number of benzene rings is 1. The number of nitrogens with one attached hydrogen (secondary N) is 1. The summed E-state index contributed by atoms with van der Waals surface area (Å²) in [4.78, 5) is 13.4. The molecule has 0 bridgehead atoms. The summed E-state index contributed by atoms with van der Waals surface area (Å²) in [5.74, 6) is 0.120. The van der Waals surface area contributed by atoms with Gasteiger partial charge in [-0.1, -0.05) is 12.1 Å². The number of para-hydroxylation sites is 1. The lowest BCUT2D eigenvalue weighted by molar-refractivity contribution is -0.116. The van der Waals surface area contributed by atoms with Gasteiger partial charge in [-0.25, -0.2) is 0 Å². The second-order valence-corrected chi connectivity index (χ2v) is 3.92. The second-order valence-electron chi connectivity index (χ2n) is 3.92. The monoisotopic (exact) mass is 204 g/mol. The van der Waals surface area contributed by atoms with Crippen LogP contribution in [0.3, 0.4) is 0 Å². The van der Waals surface area contributed by atoms with Gasteiger partial charge in [-0.3, -0.25) is 4.79 Å². The number of rotatable bonds is 0. The van der Waals surface area contributed by atoms with Crippen LogP contribution in [-0.2, 0) is 4.79 Å². The third-order valence-electron chi connectivity index (χ3n) is 2.76. The summed E-state index contributed by atoms with van der Waals surface area (Å²) < 4.78 is 0. The zero-order chi connectivity index (χ0) is 10.8. The van der Waals surface area contributed by atoms with Crippen molar-refractivity contribution in [2.75, 3.05) is 23.3 Å². The molecule has 0 atom stereocenters. The van der Waals surface area contributed by atoms with Crippen LogP contribution in [-0.4, -0.2) is 19.0 Å². The summed E-state index contributed by atoms with van der Waals surface area (Å²) in [6.45, 7) is 5.41. The maximum Gasteiger partial charge on any atom is 0.223 e. The number of aryl methyl sites for hydroxylation is 1. The number of hydrogen-bond acceptors (Lipinski definition) is 2. The number of carbonyl (C=O) groups is 1. The Morgan fingerprint density at radius 3 is 3.00 bits per heavy atom. The van der Waals surface area contributed by atoms with Crippen LogP contribution in [0, 0.1) is 6.92 Å². The molecule has 1 aromatic carbocycles. The largest absolute Gasteiger partial charge is 0.383 e. The molecule has 0 saturated carbocycles. The standard InChI is InChI=1S/C12H16N2O/c1-9-5-3-6-11-12(9)14(10(2)15)8-4-7-13-11/h3,5-6,13H,4,7-8H2,1-2H3. The summed E-state index contributed by atoms with van der Waals surface area (Å²) in [5.41, 5.74) is 3.27. The Hall–Kier alpha value is -1.51. The predicted molar refractivity (Wildman–Crippen MR) is 62.3 cm³/mol. The molecule has 15 heavy (non-hydrogen) atoms. The third kappa shape index (κ3) is 1.82. The van der Waals surface area contributed by atoms with Crippen molar-refractivity contribution in [1.82, 2.24) is 0 Å². The van der Waals surface area contributed by atoms with Crippen LogP contribution in [0.1, 0.15) is 18.9 Å². The molecule has 3 nitrogen and oxygen atoms in total. The van der Waals surface area contributed by atoms with Crippen molar-refractivity contribution in [3.63, 3.8) is 0 Å². The fraction of sp³-hybridized carbons (Fsp3) is 0.417. The summed E-state index contributed by atoms with van der Waals surface area (Å²) in [6.07, 6.45) is 0.994. The van der Waals surface area contributed by atoms with Gasteiger partial charge in [-0.05, 0) is 25.0 Å². The quantitative estimate of drug-likeness (QED) is 0.702. The first-order chi connectivity index (χ1) is 7.20. The van der Waals surface area contributed by atoms with Crippen molar-refractivity contribution in [3.05, 3.63) is 23.8 Å². The third-order valence-corrected chi connectivity index (χ3v) is 2.76. The van der Waals surface area contributed by atoms with Crippen LogP contribution in [0.2, 0.25) is 0 Å². The average Bonchev–Trinajstić information content (AvgIpc) is 2.40. The topological polar surface area (TPSA) is 32.3 Å². The first kappa shape index (κ1) is 10.0. The van der Waals surface area contributed by atoms with Gasteiger partial charge >= 0.3 is 0 Å². The van der Waals surface area contributed by atoms with Gasteiger partial charge < -0.3 is 10.2 Å². The molecule has 0 saturated heterocycles. The maximum atomic E-state index is 11.6. The summed E-state index contributed by atoms with van der Waals surface area (Å²) >= 11 is 0. The fourth-order valence-corrected chi connectivity index (χ4v) is 2.05. The summed E-state index contributed by atoms with van der Waals surface area (Å²) in [5, 5.41) is 3.36. The number of nitrogens with zero attached hydrogens (tertiary/aromatic N) is 1. The highest BCUT2D eigenvalue weighted by Gasteiger charge is 2.19. The molecule has 80 valence electrons. The molecule has 0 aliphatic carbocycles. The van der Waals surface area contributed by atoms with Crippen molar-refractivity contribution in [1.29, 1.82) is 0 Å². The van der Waals surface area contributed by atoms with Crippen molar-refractivity contribution in [3.8, 4) is 0 Å². The maximum absolute atomic E-state index is 11.6. The minimum absolute atomic E-state index is 0.120. The summed E-state index contributed by atoms with van der Waals surface area (Å²) in [6, 6.07) is 6.09. The molecule has 0 fully saturated rings. The van der Waals surface area contributed by atoms with Crippen molar-refractivity contribution >= 4 is 17.3 Å². The van der Waals surface area contributed by atoms with Gasteiger partial charge in [-0.2, -0.15) is 0 Å². The Morgan fingerprint density at radius 2 is 2.27 bits per heavy atom. The Labute approximate surface area is 90.1 Å². The van der Waals surface area contributed by atoms with E-state index in [1.165, 1.54) is 0 Å². The normalized spacial score (nSPS) is 15.2. The van der Waals surface area contributed by atoms with E-state index in [2.05, 4.69) is 5.32 Å². The number of anilines is 2. The molecule has 0 aromatic heterocycles. The minimum Gasteiger partial charge on any atom is -0.383 e. The van der Waals surface area contributed by atoms with Gasteiger partial charge in [0.05, 0.1) is 11.4 Å². The van der Waals surface area contributed by atoms with Gasteiger partial charge in [0, 0.05) is 20.0 Å². The van der Waals surface area contributed by atoms with Gasteiger partial charge in [0.25, 0.3) is 0 Å². The lowest BCUT2D eigenvalue weighted by atomic mass is 10.1. The number of amides is 1. The second kappa shape index (κ2) is 3.93. The zero-order valence-electron chi connectivity index (χ0n) is 9.21. The Kier molecular flexibility index (Phi) is 2.62. The van der Waals surface area contributed by atoms with Crippen LogP contribution in [0.25, 0.3) is 0 Å². The number of hydrogen-bond donors (Lipinski definition) is 1. The highest BCUT2D eigenvalue weighted by Crippen LogP contribution is 2.31. The smallest absolute Gasteiger partial charge is 0.223 e. The van der Waals surface area contributed by atoms with E-state index in [9.17, 15) is 4.79 Å². The van der Waals surface area contributed by atoms with Gasteiger partial charge in [0.1, 0.15) is 0 Å². The first-order valence-electron chi connectivity index (χ1n) is 5.32. The van der Waals surface area contributed by atoms with Crippen molar-refractivity contribution in [2.24, 2.45) is 0 Å². The van der Waals surface area contributed by atoms with Crippen LogP contribution in [0.4, 0.5) is 11.4 Å². The molecule has 2 rings (SSSR count). The molecule has 0 unspecified atom stereocenters. The van der Waals surface area contributed by atoms with E-state index in [4.69, 9.17) is 0 Å². The van der Waals surface area contributed by atoms with E-state index in [1.807, 2.05) is 30.0 Å². The van der Waals surface area contributed by atoms with Crippen LogP contribution >= 0.6 is 0 Å². The lowest BCUT2D eigenvalue weighted by Gasteiger charge is -2.22. The van der Waals surface area contributed by atoms with Gasteiger partial charge in [0.2, 0.25) is 5.91 Å². The Bertz CT molecular complexity index is 387. The molecule has 1 amide bonds. The zero-order valence-corrected chi connectivity index (χ0v) is 9.21. The minimum atomic E-state index is 0.120. The molecule has 1 N–H and O–H groups in total. The molecule has 1 heterocycles. The molecule has 1 aliphatic heterocycles. The molecule has 1 aliphatic rings. The number of carbonyl (C=O) groups excluding carboxylic acids is 1.